The van der Waals surface area contributed by atoms with Gasteiger partial charge in [0.15, 0.2) is 11.5 Å². The number of benzene rings is 3. The number of carbonyl (C=O) groups is 4. The van der Waals surface area contributed by atoms with E-state index >= 15 is 0 Å². The third-order valence-corrected chi connectivity index (χ3v) is 5.43. The minimum atomic E-state index is -0.865. The summed E-state index contributed by atoms with van der Waals surface area (Å²) in [6, 6.07) is 16.6. The first-order valence-corrected chi connectivity index (χ1v) is 10.8. The molecule has 1 N–H and O–H groups in total. The molecule has 0 spiro atoms. The molecule has 176 valence electrons. The van der Waals surface area contributed by atoms with Gasteiger partial charge in [-0.2, -0.15) is 0 Å². The molecule has 9 heteroatoms. The summed E-state index contributed by atoms with van der Waals surface area (Å²) in [5.41, 5.74) is 1.80. The number of esters is 1. The van der Waals surface area contributed by atoms with Crippen molar-refractivity contribution in [3.63, 3.8) is 0 Å². The van der Waals surface area contributed by atoms with Crippen LogP contribution in [0.25, 0.3) is 6.08 Å². The van der Waals surface area contributed by atoms with Gasteiger partial charge < -0.3 is 9.47 Å². The summed E-state index contributed by atoms with van der Waals surface area (Å²) in [4.78, 5) is 51.1. The number of ether oxygens (including phenoxy) is 2. The lowest BCUT2D eigenvalue weighted by Crippen LogP contribution is -2.54. The predicted octanol–water partition coefficient (Wildman–Crippen LogP) is 4.54. The Hall–Kier alpha value is -4.43. The first kappa shape index (κ1) is 23.7. The van der Waals surface area contributed by atoms with Crippen LogP contribution < -0.4 is 19.7 Å². The van der Waals surface area contributed by atoms with E-state index in [-0.39, 0.29) is 22.8 Å². The molecule has 3 aromatic rings. The number of hydrogen-bond acceptors (Lipinski definition) is 6. The van der Waals surface area contributed by atoms with Crippen LogP contribution in [0.2, 0.25) is 5.02 Å². The number of aryl methyl sites for hydroxylation is 1. The Morgan fingerprint density at radius 3 is 2.29 bits per heavy atom. The van der Waals surface area contributed by atoms with Crippen LogP contribution in [-0.2, 0) is 9.59 Å². The van der Waals surface area contributed by atoms with E-state index in [1.165, 1.54) is 49.6 Å². The maximum Gasteiger partial charge on any atom is 0.343 e. The Morgan fingerprint density at radius 1 is 0.943 bits per heavy atom. The Balaban J connectivity index is 1.61. The normalized spacial score (nSPS) is 14.7. The smallest absolute Gasteiger partial charge is 0.343 e. The molecule has 0 radical (unpaired) electrons. The standard InChI is InChI=1S/C26H19ClN2O6/c1-15-3-6-17(7-4-15)25(32)35-21-12-5-16(14-22(21)34-2)13-20-23(30)28-26(33)29(24(20)31)19-10-8-18(27)9-11-19/h3-14H,1-2H3,(H,28,30,33)/b20-13+. The molecule has 1 heterocycles. The molecule has 0 aliphatic carbocycles. The highest BCUT2D eigenvalue weighted by molar-refractivity contribution is 6.39. The number of nitrogens with zero attached hydrogens (tertiary/aromatic N) is 1. The number of urea groups is 1. The van der Waals surface area contributed by atoms with Crippen molar-refractivity contribution in [3.8, 4) is 11.5 Å². The topological polar surface area (TPSA) is 102 Å². The minimum Gasteiger partial charge on any atom is -0.493 e. The Bertz CT molecular complexity index is 1360. The highest BCUT2D eigenvalue weighted by atomic mass is 35.5. The number of hydrogen-bond donors (Lipinski definition) is 1. The van der Waals surface area contributed by atoms with Gasteiger partial charge in [-0.15, -0.1) is 0 Å². The van der Waals surface area contributed by atoms with Gasteiger partial charge in [0.1, 0.15) is 5.57 Å². The van der Waals surface area contributed by atoms with Gasteiger partial charge in [-0.1, -0.05) is 35.4 Å². The van der Waals surface area contributed by atoms with Crippen LogP contribution in [0.5, 0.6) is 11.5 Å². The minimum absolute atomic E-state index is 0.164. The second kappa shape index (κ2) is 9.82. The fraction of sp³-hybridized carbons (Fsp3) is 0.0769. The lowest BCUT2D eigenvalue weighted by Gasteiger charge is -2.26. The molecule has 0 atom stereocenters. The van der Waals surface area contributed by atoms with Gasteiger partial charge in [0, 0.05) is 5.02 Å². The molecule has 0 bridgehead atoms. The average Bonchev–Trinajstić information content (AvgIpc) is 2.84. The summed E-state index contributed by atoms with van der Waals surface area (Å²) in [5, 5.41) is 2.59. The fourth-order valence-corrected chi connectivity index (χ4v) is 3.48. The second-order valence-electron chi connectivity index (χ2n) is 7.60. The summed E-state index contributed by atoms with van der Waals surface area (Å²) >= 11 is 5.88. The number of amides is 4. The zero-order chi connectivity index (χ0) is 25.1. The third-order valence-electron chi connectivity index (χ3n) is 5.18. The van der Waals surface area contributed by atoms with E-state index in [0.29, 0.717) is 16.1 Å². The number of carbonyl (C=O) groups excluding carboxylic acids is 4. The van der Waals surface area contributed by atoms with Crippen molar-refractivity contribution in [1.29, 1.82) is 0 Å². The molecular weight excluding hydrogens is 472 g/mol. The van der Waals surface area contributed by atoms with Crippen molar-refractivity contribution in [2.45, 2.75) is 6.92 Å². The molecule has 1 aliphatic rings. The molecule has 1 aliphatic heterocycles. The zero-order valence-corrected chi connectivity index (χ0v) is 19.5. The Labute approximate surface area is 205 Å². The van der Waals surface area contributed by atoms with Crippen LogP contribution in [-0.4, -0.2) is 30.9 Å². The highest BCUT2D eigenvalue weighted by Crippen LogP contribution is 2.31. The summed E-state index contributed by atoms with van der Waals surface area (Å²) in [6.45, 7) is 1.91. The maximum absolute atomic E-state index is 13.0. The van der Waals surface area contributed by atoms with Gasteiger partial charge >= 0.3 is 12.0 Å². The Kier molecular flexibility index (Phi) is 6.66. The molecule has 1 saturated heterocycles. The quantitative estimate of drug-likeness (QED) is 0.244. The van der Waals surface area contributed by atoms with Crippen LogP contribution in [0.1, 0.15) is 21.5 Å². The molecule has 0 unspecified atom stereocenters. The number of rotatable bonds is 5. The van der Waals surface area contributed by atoms with Crippen molar-refractivity contribution in [3.05, 3.63) is 94.0 Å². The molecule has 4 rings (SSSR count). The third kappa shape index (κ3) is 5.07. The first-order valence-electron chi connectivity index (χ1n) is 10.4. The van der Waals surface area contributed by atoms with Gasteiger partial charge in [-0.3, -0.25) is 14.9 Å². The van der Waals surface area contributed by atoms with Gasteiger partial charge in [-0.05, 0) is 67.1 Å². The van der Waals surface area contributed by atoms with Crippen molar-refractivity contribution in [2.24, 2.45) is 0 Å². The average molecular weight is 491 g/mol. The van der Waals surface area contributed by atoms with Crippen molar-refractivity contribution < 1.29 is 28.7 Å². The fourth-order valence-electron chi connectivity index (χ4n) is 3.36. The molecule has 3 aromatic carbocycles. The number of methoxy groups -OCH3 is 1. The van der Waals surface area contributed by atoms with E-state index in [1.807, 2.05) is 6.92 Å². The SMILES string of the molecule is COc1cc(/C=C2\C(=O)NC(=O)N(c3ccc(Cl)cc3)C2=O)ccc1OC(=O)c1ccc(C)cc1. The number of halogens is 1. The van der Waals surface area contributed by atoms with Crippen molar-refractivity contribution in [1.82, 2.24) is 5.32 Å². The largest absolute Gasteiger partial charge is 0.493 e. The number of imide groups is 2. The lowest BCUT2D eigenvalue weighted by atomic mass is 10.1. The van der Waals surface area contributed by atoms with E-state index in [9.17, 15) is 19.2 Å². The summed E-state index contributed by atoms with van der Waals surface area (Å²) in [5.74, 6) is -1.81. The molecule has 0 saturated carbocycles. The van der Waals surface area contributed by atoms with E-state index in [0.717, 1.165) is 10.5 Å². The van der Waals surface area contributed by atoms with Gasteiger partial charge in [0.2, 0.25) is 0 Å². The molecule has 1 fully saturated rings. The Morgan fingerprint density at radius 2 is 1.63 bits per heavy atom. The summed E-state index contributed by atoms with van der Waals surface area (Å²) in [7, 11) is 1.40. The van der Waals surface area contributed by atoms with Crippen LogP contribution in [0.15, 0.2) is 72.3 Å². The van der Waals surface area contributed by atoms with Crippen LogP contribution >= 0.6 is 11.6 Å². The number of barbiturate groups is 1. The van der Waals surface area contributed by atoms with E-state index in [4.69, 9.17) is 21.1 Å². The van der Waals surface area contributed by atoms with Crippen LogP contribution in [0, 0.1) is 6.92 Å². The van der Waals surface area contributed by atoms with Gasteiger partial charge in [-0.25, -0.2) is 14.5 Å². The molecular formula is C26H19ClN2O6. The monoisotopic (exact) mass is 490 g/mol. The van der Waals surface area contributed by atoms with Crippen LogP contribution in [0.3, 0.4) is 0 Å². The molecule has 0 aromatic heterocycles. The molecule has 4 amide bonds. The van der Waals surface area contributed by atoms with E-state index < -0.39 is 23.8 Å². The second-order valence-corrected chi connectivity index (χ2v) is 8.04. The van der Waals surface area contributed by atoms with E-state index in [2.05, 4.69) is 5.32 Å². The van der Waals surface area contributed by atoms with Gasteiger partial charge in [0.25, 0.3) is 11.8 Å². The predicted molar refractivity (Wildman–Crippen MR) is 130 cm³/mol. The summed E-state index contributed by atoms with van der Waals surface area (Å²) < 4.78 is 10.8. The lowest BCUT2D eigenvalue weighted by molar-refractivity contribution is -0.122. The number of anilines is 1. The molecule has 35 heavy (non-hydrogen) atoms. The van der Waals surface area contributed by atoms with E-state index in [1.54, 1.807) is 30.3 Å². The molecule has 8 nitrogen and oxygen atoms in total. The number of nitrogens with one attached hydrogen (secondary N) is 1. The maximum atomic E-state index is 13.0. The van der Waals surface area contributed by atoms with Crippen molar-refractivity contribution >= 4 is 47.2 Å². The van der Waals surface area contributed by atoms with Gasteiger partial charge in [0.05, 0.1) is 18.4 Å². The van der Waals surface area contributed by atoms with Crippen LogP contribution in [0.4, 0.5) is 10.5 Å². The zero-order valence-electron chi connectivity index (χ0n) is 18.7. The van der Waals surface area contributed by atoms with Crippen molar-refractivity contribution in [2.75, 3.05) is 12.0 Å². The summed E-state index contributed by atoms with van der Waals surface area (Å²) in [6.07, 6.45) is 1.32. The highest BCUT2D eigenvalue weighted by Gasteiger charge is 2.36. The first-order chi connectivity index (χ1) is 16.8.